The molecule has 2 aromatic rings. The summed E-state index contributed by atoms with van der Waals surface area (Å²) in [6.07, 6.45) is 7.06. The van der Waals surface area contributed by atoms with Gasteiger partial charge >= 0.3 is 0 Å². The first-order valence-electron chi connectivity index (χ1n) is 11.3. The fourth-order valence-corrected chi connectivity index (χ4v) is 4.69. The van der Waals surface area contributed by atoms with E-state index in [1.54, 1.807) is 0 Å². The van der Waals surface area contributed by atoms with Crippen LogP contribution in [0, 0.1) is 5.92 Å². The van der Waals surface area contributed by atoms with E-state index in [1.807, 2.05) is 31.5 Å². The third kappa shape index (κ3) is 4.48. The number of ketones is 2. The maximum atomic E-state index is 12.2. The van der Waals surface area contributed by atoms with E-state index in [0.29, 0.717) is 29.5 Å². The number of allylic oxidation sites excluding steroid dienone is 2. The molecule has 0 atom stereocenters. The van der Waals surface area contributed by atoms with E-state index >= 15 is 0 Å². The number of anilines is 1. The second-order valence-corrected chi connectivity index (χ2v) is 9.50. The zero-order valence-corrected chi connectivity index (χ0v) is 19.1. The lowest BCUT2D eigenvalue weighted by Crippen LogP contribution is -2.46. The molecule has 32 heavy (non-hydrogen) atoms. The highest BCUT2D eigenvalue weighted by Crippen LogP contribution is 2.33. The quantitative estimate of drug-likeness (QED) is 0.622. The number of Topliss-reactive ketones (excluding diaryl/α,β-unsaturated/α-hetero) is 2. The smallest absolute Gasteiger partial charge is 0.181 e. The Labute approximate surface area is 193 Å². The average Bonchev–Trinajstić information content (AvgIpc) is 3.62. The molecule has 3 heterocycles. The molecule has 1 saturated carbocycles. The van der Waals surface area contributed by atoms with Gasteiger partial charge in [0.25, 0.3) is 0 Å². The van der Waals surface area contributed by atoms with Crippen LogP contribution in [-0.4, -0.2) is 52.6 Å². The Balaban J connectivity index is 1.17. The number of nitrogens with zero attached hydrogens (tertiary/aromatic N) is 4. The van der Waals surface area contributed by atoms with Crippen LogP contribution in [0.1, 0.15) is 53.5 Å². The largest absolute Gasteiger partial charge is 0.368 e. The molecule has 2 aromatic heterocycles. The summed E-state index contributed by atoms with van der Waals surface area (Å²) in [6, 6.07) is 5.99. The molecule has 1 aliphatic heterocycles. The number of carbonyl (C=O) groups excluding carboxylic acids is 2. The normalized spacial score (nSPS) is 19.3. The molecule has 0 unspecified atom stereocenters. The van der Waals surface area contributed by atoms with Crippen molar-refractivity contribution >= 4 is 34.4 Å². The maximum absolute atomic E-state index is 12.2. The van der Waals surface area contributed by atoms with Crippen molar-refractivity contribution in [3.05, 3.63) is 58.1 Å². The van der Waals surface area contributed by atoms with E-state index in [0.717, 1.165) is 60.8 Å². The van der Waals surface area contributed by atoms with Crippen LogP contribution < -0.4 is 4.90 Å². The SMILES string of the molecule is CC1=C(Cl)C(=O)Cc2cc(CN3CCN(c4ccc(C(=O)CC5CC5)nc4)CC3)cnc21. The van der Waals surface area contributed by atoms with Crippen molar-refractivity contribution in [1.82, 2.24) is 14.9 Å². The third-order valence-electron chi connectivity index (χ3n) is 6.65. The Bertz CT molecular complexity index is 1080. The molecule has 7 heteroatoms. The zero-order valence-electron chi connectivity index (χ0n) is 18.3. The molecule has 5 rings (SSSR count). The predicted octanol–water partition coefficient (Wildman–Crippen LogP) is 3.88. The van der Waals surface area contributed by atoms with Crippen molar-refractivity contribution in [3.8, 4) is 0 Å². The molecule has 0 spiro atoms. The fraction of sp³-hybridized carbons (Fsp3) is 0.440. The summed E-state index contributed by atoms with van der Waals surface area (Å²) in [4.78, 5) is 38.1. The summed E-state index contributed by atoms with van der Waals surface area (Å²) >= 11 is 6.11. The monoisotopic (exact) mass is 450 g/mol. The Morgan fingerprint density at radius 1 is 1.12 bits per heavy atom. The van der Waals surface area contributed by atoms with Gasteiger partial charge in [0.05, 0.1) is 22.6 Å². The van der Waals surface area contributed by atoms with Crippen molar-refractivity contribution < 1.29 is 9.59 Å². The number of fused-ring (bicyclic) bond motifs is 1. The van der Waals surface area contributed by atoms with Gasteiger partial charge in [0.2, 0.25) is 0 Å². The average molecular weight is 451 g/mol. The number of hydrogen-bond donors (Lipinski definition) is 0. The van der Waals surface area contributed by atoms with E-state index < -0.39 is 0 Å². The molecule has 1 saturated heterocycles. The minimum Gasteiger partial charge on any atom is -0.368 e. The lowest BCUT2D eigenvalue weighted by Gasteiger charge is -2.36. The van der Waals surface area contributed by atoms with Crippen molar-refractivity contribution in [2.24, 2.45) is 5.92 Å². The number of halogens is 1. The molecule has 0 radical (unpaired) electrons. The van der Waals surface area contributed by atoms with Crippen molar-refractivity contribution in [2.45, 2.75) is 39.2 Å². The maximum Gasteiger partial charge on any atom is 0.181 e. The van der Waals surface area contributed by atoms with Crippen molar-refractivity contribution in [1.29, 1.82) is 0 Å². The van der Waals surface area contributed by atoms with Crippen LogP contribution in [0.3, 0.4) is 0 Å². The Morgan fingerprint density at radius 3 is 2.59 bits per heavy atom. The standard InChI is InChI=1S/C25H27ClN4O2/c1-16-24(26)23(32)12-19-10-18(13-28-25(16)19)15-29-6-8-30(9-7-29)20-4-5-21(27-14-20)22(31)11-17-2-3-17/h4-5,10,13-14,17H,2-3,6-9,11-12,15H2,1H3. The minimum absolute atomic E-state index is 0.0295. The molecule has 0 N–H and O–H groups in total. The van der Waals surface area contributed by atoms with Crippen LogP contribution in [-0.2, 0) is 17.8 Å². The van der Waals surface area contributed by atoms with Gasteiger partial charge < -0.3 is 4.90 Å². The van der Waals surface area contributed by atoms with Gasteiger partial charge in [-0.25, -0.2) is 0 Å². The van der Waals surface area contributed by atoms with E-state index in [9.17, 15) is 9.59 Å². The molecule has 0 aromatic carbocycles. The predicted molar refractivity (Wildman–Crippen MR) is 125 cm³/mol. The van der Waals surface area contributed by atoms with E-state index in [-0.39, 0.29) is 11.6 Å². The van der Waals surface area contributed by atoms with Crippen LogP contribution in [0.15, 0.2) is 35.6 Å². The summed E-state index contributed by atoms with van der Waals surface area (Å²) < 4.78 is 0. The minimum atomic E-state index is -0.0295. The lowest BCUT2D eigenvalue weighted by molar-refractivity contribution is -0.114. The Morgan fingerprint density at radius 2 is 1.91 bits per heavy atom. The van der Waals surface area contributed by atoms with Crippen LogP contribution in [0.5, 0.6) is 0 Å². The highest BCUT2D eigenvalue weighted by atomic mass is 35.5. The van der Waals surface area contributed by atoms with Gasteiger partial charge in [0.1, 0.15) is 5.69 Å². The highest BCUT2D eigenvalue weighted by molar-refractivity contribution is 6.46. The van der Waals surface area contributed by atoms with Gasteiger partial charge in [-0.2, -0.15) is 0 Å². The first-order chi connectivity index (χ1) is 15.5. The van der Waals surface area contributed by atoms with Gasteiger partial charge in [0, 0.05) is 51.8 Å². The second kappa shape index (κ2) is 8.75. The summed E-state index contributed by atoms with van der Waals surface area (Å²) in [5.41, 5.74) is 5.36. The molecule has 0 amide bonds. The van der Waals surface area contributed by atoms with Gasteiger partial charge in [0.15, 0.2) is 11.6 Å². The number of hydrogen-bond acceptors (Lipinski definition) is 6. The molecular weight excluding hydrogens is 424 g/mol. The molecular formula is C25H27ClN4O2. The van der Waals surface area contributed by atoms with E-state index in [2.05, 4.69) is 25.8 Å². The Hall–Kier alpha value is -2.57. The topological polar surface area (TPSA) is 66.4 Å². The van der Waals surface area contributed by atoms with Gasteiger partial charge in [-0.15, -0.1) is 0 Å². The van der Waals surface area contributed by atoms with E-state index in [1.165, 1.54) is 12.8 Å². The molecule has 166 valence electrons. The number of aromatic nitrogens is 2. The van der Waals surface area contributed by atoms with Crippen molar-refractivity contribution in [3.63, 3.8) is 0 Å². The summed E-state index contributed by atoms with van der Waals surface area (Å²) in [5.74, 6) is 0.719. The number of rotatable bonds is 6. The highest BCUT2D eigenvalue weighted by Gasteiger charge is 2.26. The van der Waals surface area contributed by atoms with Crippen molar-refractivity contribution in [2.75, 3.05) is 31.1 Å². The Kier molecular flexibility index (Phi) is 5.82. The van der Waals surface area contributed by atoms with E-state index in [4.69, 9.17) is 11.6 Å². The van der Waals surface area contributed by atoms with Crippen LogP contribution >= 0.6 is 11.6 Å². The molecule has 0 bridgehead atoms. The fourth-order valence-electron chi connectivity index (χ4n) is 4.53. The summed E-state index contributed by atoms with van der Waals surface area (Å²) in [5, 5.41) is 0.309. The molecule has 2 fully saturated rings. The van der Waals surface area contributed by atoms with Gasteiger partial charge in [-0.1, -0.05) is 17.7 Å². The first kappa shape index (κ1) is 21.3. The number of pyridine rings is 2. The molecule has 3 aliphatic rings. The number of piperazine rings is 1. The van der Waals surface area contributed by atoms with Crippen LogP contribution in [0.25, 0.3) is 5.57 Å². The zero-order chi connectivity index (χ0) is 22.2. The second-order valence-electron chi connectivity index (χ2n) is 9.13. The first-order valence-corrected chi connectivity index (χ1v) is 11.7. The lowest BCUT2D eigenvalue weighted by atomic mass is 9.94. The van der Waals surface area contributed by atoms with Gasteiger partial charge in [-0.05, 0) is 54.5 Å². The molecule has 2 aliphatic carbocycles. The number of carbonyl (C=O) groups is 2. The summed E-state index contributed by atoms with van der Waals surface area (Å²) in [6.45, 7) is 6.35. The van der Waals surface area contributed by atoms with Crippen LogP contribution in [0.4, 0.5) is 5.69 Å². The summed E-state index contributed by atoms with van der Waals surface area (Å²) in [7, 11) is 0. The molecule has 6 nitrogen and oxygen atoms in total. The van der Waals surface area contributed by atoms with Crippen LogP contribution in [0.2, 0.25) is 0 Å². The van der Waals surface area contributed by atoms with Gasteiger partial charge in [-0.3, -0.25) is 24.5 Å². The third-order valence-corrected chi connectivity index (χ3v) is 7.15.